The van der Waals surface area contributed by atoms with E-state index in [4.69, 9.17) is 11.5 Å². The lowest BCUT2D eigenvalue weighted by atomic mass is 9.93. The van der Waals surface area contributed by atoms with Crippen molar-refractivity contribution in [2.24, 2.45) is 11.5 Å². The zero-order valence-corrected chi connectivity index (χ0v) is 20.2. The first-order valence-electron chi connectivity index (χ1n) is 11.7. The zero-order chi connectivity index (χ0) is 26.0. The second kappa shape index (κ2) is 10.1. The molecule has 4 amide bonds. The fourth-order valence-electron chi connectivity index (χ4n) is 4.94. The molecule has 1 aromatic heterocycles. The van der Waals surface area contributed by atoms with E-state index in [1.165, 1.54) is 13.8 Å². The number of para-hydroxylation sites is 2. The summed E-state index contributed by atoms with van der Waals surface area (Å²) < 4.78 is 2.02. The molecular formula is C26H30N6O4. The summed E-state index contributed by atoms with van der Waals surface area (Å²) in [6.45, 7) is 3.26. The number of carbonyl (C=O) groups excluding carboxylic acids is 4. The van der Waals surface area contributed by atoms with Crippen LogP contribution in [0.25, 0.3) is 10.9 Å². The second-order valence-corrected chi connectivity index (χ2v) is 9.10. The summed E-state index contributed by atoms with van der Waals surface area (Å²) in [5, 5.41) is 8.32. The number of nitrogens with one attached hydrogen (secondary N) is 2. The van der Waals surface area contributed by atoms with Gasteiger partial charge < -0.3 is 22.1 Å². The van der Waals surface area contributed by atoms with Crippen LogP contribution in [0.2, 0.25) is 0 Å². The lowest BCUT2D eigenvalue weighted by Gasteiger charge is -2.24. The van der Waals surface area contributed by atoms with Crippen LogP contribution in [0.3, 0.4) is 0 Å². The second-order valence-electron chi connectivity index (χ2n) is 9.10. The van der Waals surface area contributed by atoms with Gasteiger partial charge in [-0.25, -0.2) is 0 Å². The molecule has 0 radical (unpaired) electrons. The van der Waals surface area contributed by atoms with Crippen LogP contribution < -0.4 is 27.1 Å². The Bertz CT molecular complexity index is 1330. The van der Waals surface area contributed by atoms with Gasteiger partial charge in [0, 0.05) is 44.3 Å². The average molecular weight is 491 g/mol. The van der Waals surface area contributed by atoms with Crippen molar-refractivity contribution in [1.82, 2.24) is 15.3 Å². The Morgan fingerprint density at radius 3 is 2.19 bits per heavy atom. The van der Waals surface area contributed by atoms with Crippen LogP contribution in [0.5, 0.6) is 0 Å². The highest BCUT2D eigenvalue weighted by Gasteiger charge is 2.34. The summed E-state index contributed by atoms with van der Waals surface area (Å²) in [4.78, 5) is 47.3. The van der Waals surface area contributed by atoms with Gasteiger partial charge in [-0.05, 0) is 29.7 Å². The van der Waals surface area contributed by atoms with Crippen molar-refractivity contribution in [2.45, 2.75) is 44.7 Å². The van der Waals surface area contributed by atoms with Crippen molar-refractivity contribution in [3.8, 4) is 0 Å². The van der Waals surface area contributed by atoms with Crippen LogP contribution in [0.1, 0.15) is 37.3 Å². The minimum Gasteiger partial charge on any atom is -0.368 e. The fourth-order valence-corrected chi connectivity index (χ4v) is 4.94. The van der Waals surface area contributed by atoms with Gasteiger partial charge in [-0.1, -0.05) is 36.4 Å². The van der Waals surface area contributed by atoms with E-state index in [0.29, 0.717) is 13.0 Å². The molecule has 10 heteroatoms. The Hall–Kier alpha value is -4.34. The number of primary amides is 2. The third-order valence-corrected chi connectivity index (χ3v) is 6.47. The molecule has 36 heavy (non-hydrogen) atoms. The molecular weight excluding hydrogens is 460 g/mol. The standard InChI is InChI=1S/C26H30N6O4/c1-15(33)29-21(25(27)35)11-17-13-31(23-9-5-3-7-19(17)23)32-14-18(20-8-4-6-10-24(20)32)12-22(26(28)36)30-16(2)34/h3-10,13,18,21-22H,11-12,14H2,1-2H3,(H2,27,35)(H2,28,36)(H,29,33)(H,30,34). The van der Waals surface area contributed by atoms with E-state index in [-0.39, 0.29) is 24.2 Å². The van der Waals surface area contributed by atoms with E-state index in [0.717, 1.165) is 27.7 Å². The van der Waals surface area contributed by atoms with Crippen molar-refractivity contribution < 1.29 is 19.2 Å². The van der Waals surface area contributed by atoms with Crippen molar-refractivity contribution in [3.05, 3.63) is 65.9 Å². The highest BCUT2D eigenvalue weighted by atomic mass is 16.2. The molecule has 10 nitrogen and oxygen atoms in total. The van der Waals surface area contributed by atoms with Gasteiger partial charge in [0.25, 0.3) is 0 Å². The summed E-state index contributed by atoms with van der Waals surface area (Å²) >= 11 is 0. The van der Waals surface area contributed by atoms with Crippen molar-refractivity contribution >= 4 is 40.2 Å². The molecule has 1 aliphatic rings. The van der Waals surface area contributed by atoms with Crippen LogP contribution in [-0.2, 0) is 25.6 Å². The van der Waals surface area contributed by atoms with Crippen molar-refractivity contribution in [1.29, 1.82) is 0 Å². The van der Waals surface area contributed by atoms with Gasteiger partial charge >= 0.3 is 0 Å². The monoisotopic (exact) mass is 490 g/mol. The van der Waals surface area contributed by atoms with Gasteiger partial charge in [-0.2, -0.15) is 0 Å². The largest absolute Gasteiger partial charge is 0.368 e. The number of fused-ring (bicyclic) bond motifs is 2. The zero-order valence-electron chi connectivity index (χ0n) is 20.2. The molecule has 0 aliphatic carbocycles. The van der Waals surface area contributed by atoms with E-state index in [1.54, 1.807) is 0 Å². The first-order valence-corrected chi connectivity index (χ1v) is 11.7. The molecule has 0 spiro atoms. The van der Waals surface area contributed by atoms with Gasteiger partial charge in [0.15, 0.2) is 0 Å². The highest BCUT2D eigenvalue weighted by molar-refractivity contribution is 5.89. The molecule has 3 unspecified atom stereocenters. The average Bonchev–Trinajstić information content (AvgIpc) is 3.36. The quantitative estimate of drug-likeness (QED) is 0.351. The van der Waals surface area contributed by atoms with E-state index in [9.17, 15) is 19.2 Å². The third kappa shape index (κ3) is 5.02. The van der Waals surface area contributed by atoms with Gasteiger partial charge in [0.2, 0.25) is 23.6 Å². The number of benzene rings is 2. The summed E-state index contributed by atoms with van der Waals surface area (Å²) in [6, 6.07) is 14.1. The Kier molecular flexibility index (Phi) is 6.96. The lowest BCUT2D eigenvalue weighted by Crippen LogP contribution is -2.45. The predicted octanol–water partition coefficient (Wildman–Crippen LogP) is 0.921. The molecule has 2 heterocycles. The third-order valence-electron chi connectivity index (χ3n) is 6.47. The number of nitrogens with two attached hydrogens (primary N) is 2. The summed E-state index contributed by atoms with van der Waals surface area (Å²) in [5.74, 6) is -1.89. The minimum atomic E-state index is -0.839. The first kappa shape index (κ1) is 24.8. The van der Waals surface area contributed by atoms with E-state index in [1.807, 2.05) is 59.4 Å². The Morgan fingerprint density at radius 1 is 0.917 bits per heavy atom. The maximum atomic E-state index is 12.0. The van der Waals surface area contributed by atoms with Gasteiger partial charge in [0.1, 0.15) is 12.1 Å². The number of amides is 4. The minimum absolute atomic E-state index is 0.0621. The number of nitrogens with zero attached hydrogens (tertiary/aromatic N) is 2. The maximum Gasteiger partial charge on any atom is 0.240 e. The van der Waals surface area contributed by atoms with Crippen LogP contribution in [0, 0.1) is 0 Å². The molecule has 188 valence electrons. The molecule has 0 bridgehead atoms. The Morgan fingerprint density at radius 2 is 1.53 bits per heavy atom. The maximum absolute atomic E-state index is 12.0. The topological polar surface area (TPSA) is 153 Å². The van der Waals surface area contributed by atoms with Crippen LogP contribution in [0.4, 0.5) is 5.69 Å². The summed E-state index contributed by atoms with van der Waals surface area (Å²) in [5.41, 5.74) is 14.9. The van der Waals surface area contributed by atoms with E-state index < -0.39 is 23.9 Å². The number of hydrogen-bond acceptors (Lipinski definition) is 5. The molecule has 2 aromatic carbocycles. The SMILES string of the molecule is CC(=O)NC(Cc1cn(N2CC(CC(NC(C)=O)C(N)=O)c3ccccc32)c2ccccc12)C(N)=O. The Labute approximate surface area is 208 Å². The summed E-state index contributed by atoms with van der Waals surface area (Å²) in [6.07, 6.45) is 2.55. The van der Waals surface area contributed by atoms with Gasteiger partial charge in [0.05, 0.1) is 11.2 Å². The number of anilines is 1. The summed E-state index contributed by atoms with van der Waals surface area (Å²) in [7, 11) is 0. The molecule has 6 N–H and O–H groups in total. The molecule has 1 aliphatic heterocycles. The van der Waals surface area contributed by atoms with E-state index in [2.05, 4.69) is 15.6 Å². The molecule has 0 fully saturated rings. The Balaban J connectivity index is 1.72. The predicted molar refractivity (Wildman–Crippen MR) is 136 cm³/mol. The molecule has 3 aromatic rings. The first-order chi connectivity index (χ1) is 17.2. The van der Waals surface area contributed by atoms with Gasteiger partial charge in [-0.3, -0.25) is 28.9 Å². The lowest BCUT2D eigenvalue weighted by molar-refractivity contribution is -0.126. The normalized spacial score (nSPS) is 16.3. The molecule has 4 rings (SSSR count). The fraction of sp³-hybridized carbons (Fsp3) is 0.308. The molecule has 0 saturated carbocycles. The molecule has 3 atom stereocenters. The van der Waals surface area contributed by atoms with Crippen LogP contribution >= 0.6 is 0 Å². The van der Waals surface area contributed by atoms with Crippen LogP contribution in [-0.4, -0.2) is 46.9 Å². The smallest absolute Gasteiger partial charge is 0.240 e. The highest BCUT2D eigenvalue weighted by Crippen LogP contribution is 2.40. The number of rotatable bonds is 9. The van der Waals surface area contributed by atoms with Crippen molar-refractivity contribution in [2.75, 3.05) is 11.6 Å². The number of hydrogen-bond donors (Lipinski definition) is 4. The van der Waals surface area contributed by atoms with Crippen molar-refractivity contribution in [3.63, 3.8) is 0 Å². The number of aromatic nitrogens is 1. The van der Waals surface area contributed by atoms with E-state index >= 15 is 0 Å². The number of carbonyl (C=O) groups is 4. The van der Waals surface area contributed by atoms with Gasteiger partial charge in [-0.15, -0.1) is 0 Å². The molecule has 0 saturated heterocycles. The van der Waals surface area contributed by atoms with Crippen LogP contribution in [0.15, 0.2) is 54.7 Å².